The summed E-state index contributed by atoms with van der Waals surface area (Å²) in [6.07, 6.45) is 5.71. The topological polar surface area (TPSA) is 55.3 Å². The molecule has 0 aliphatic carbocycles. The minimum absolute atomic E-state index is 0.00380. The summed E-state index contributed by atoms with van der Waals surface area (Å²) in [6.45, 7) is 6.41. The second-order valence-electron chi connectivity index (χ2n) is 5.79. The van der Waals surface area contributed by atoms with Gasteiger partial charge in [0.25, 0.3) is 5.91 Å². The van der Waals surface area contributed by atoms with Gasteiger partial charge in [-0.25, -0.2) is 4.98 Å². The molecule has 0 saturated carbocycles. The van der Waals surface area contributed by atoms with Gasteiger partial charge in [0.1, 0.15) is 5.69 Å². The molecular weight excluding hydrogens is 254 g/mol. The van der Waals surface area contributed by atoms with Crippen LogP contribution in [0.3, 0.4) is 0 Å². The third-order valence-corrected chi connectivity index (χ3v) is 4.48. The Hall–Kier alpha value is -1.49. The van der Waals surface area contributed by atoms with Gasteiger partial charge in [-0.15, -0.1) is 0 Å². The van der Waals surface area contributed by atoms with E-state index in [0.29, 0.717) is 23.6 Å². The number of amides is 1. The number of fused-ring (bicyclic) bond motifs is 1. The van der Waals surface area contributed by atoms with Crippen molar-refractivity contribution in [2.45, 2.75) is 32.8 Å². The standard InChI is InChI=1S/C15H21N3O2/c1-3-14-12-4-5-18(8-11(12)9-20-14)15(19)13-7-16-10(2)6-17-13/h6-7,11-12,14H,3-5,8-9H2,1-2H3/t11-,12-,14+/m1/s1. The molecule has 2 aliphatic heterocycles. The molecule has 5 heteroatoms. The predicted octanol–water partition coefficient (Wildman–Crippen LogP) is 1.67. The van der Waals surface area contributed by atoms with E-state index in [-0.39, 0.29) is 5.91 Å². The van der Waals surface area contributed by atoms with Crippen molar-refractivity contribution in [3.63, 3.8) is 0 Å². The van der Waals surface area contributed by atoms with Crippen molar-refractivity contribution < 1.29 is 9.53 Å². The number of carbonyl (C=O) groups excluding carboxylic acids is 1. The summed E-state index contributed by atoms with van der Waals surface area (Å²) in [4.78, 5) is 22.7. The second kappa shape index (κ2) is 5.48. The molecule has 3 heterocycles. The van der Waals surface area contributed by atoms with Crippen LogP contribution >= 0.6 is 0 Å². The highest BCUT2D eigenvalue weighted by atomic mass is 16.5. The highest BCUT2D eigenvalue weighted by molar-refractivity contribution is 5.92. The van der Waals surface area contributed by atoms with Gasteiger partial charge in [-0.05, 0) is 25.7 Å². The Labute approximate surface area is 119 Å². The molecule has 0 radical (unpaired) electrons. The van der Waals surface area contributed by atoms with E-state index in [2.05, 4.69) is 16.9 Å². The zero-order valence-electron chi connectivity index (χ0n) is 12.1. The molecule has 1 aromatic heterocycles. The molecule has 0 aromatic carbocycles. The number of ether oxygens (including phenoxy) is 1. The Bertz CT molecular complexity index is 488. The lowest BCUT2D eigenvalue weighted by Gasteiger charge is -2.35. The molecule has 3 atom stereocenters. The average Bonchev–Trinajstić information content (AvgIpc) is 2.89. The molecular formula is C15H21N3O2. The zero-order valence-corrected chi connectivity index (χ0v) is 12.1. The first-order valence-electron chi connectivity index (χ1n) is 7.38. The van der Waals surface area contributed by atoms with Crippen LogP contribution in [0.5, 0.6) is 0 Å². The van der Waals surface area contributed by atoms with Crippen LogP contribution in [0.25, 0.3) is 0 Å². The van der Waals surface area contributed by atoms with Gasteiger partial charge in [0, 0.05) is 25.2 Å². The first kappa shape index (κ1) is 13.5. The van der Waals surface area contributed by atoms with E-state index in [0.717, 1.165) is 38.2 Å². The number of likely N-dealkylation sites (tertiary alicyclic amines) is 1. The molecule has 0 N–H and O–H groups in total. The number of carbonyl (C=O) groups is 1. The van der Waals surface area contributed by atoms with Crippen LogP contribution in [0.1, 0.15) is 35.9 Å². The lowest BCUT2D eigenvalue weighted by atomic mass is 9.83. The van der Waals surface area contributed by atoms with Gasteiger partial charge in [-0.2, -0.15) is 0 Å². The van der Waals surface area contributed by atoms with Crippen molar-refractivity contribution in [2.75, 3.05) is 19.7 Å². The van der Waals surface area contributed by atoms with Crippen LogP contribution in [0, 0.1) is 18.8 Å². The minimum atomic E-state index is -0.00380. The van der Waals surface area contributed by atoms with Gasteiger partial charge in [0.05, 0.1) is 24.6 Å². The molecule has 108 valence electrons. The van der Waals surface area contributed by atoms with E-state index in [1.807, 2.05) is 11.8 Å². The molecule has 2 saturated heterocycles. The number of nitrogens with zero attached hydrogens (tertiary/aromatic N) is 3. The Morgan fingerprint density at radius 3 is 3.00 bits per heavy atom. The molecule has 2 fully saturated rings. The van der Waals surface area contributed by atoms with E-state index in [4.69, 9.17) is 4.74 Å². The van der Waals surface area contributed by atoms with Crippen LogP contribution < -0.4 is 0 Å². The highest BCUT2D eigenvalue weighted by Crippen LogP contribution is 2.35. The summed E-state index contributed by atoms with van der Waals surface area (Å²) in [5.74, 6) is 1.10. The third-order valence-electron chi connectivity index (χ3n) is 4.48. The summed E-state index contributed by atoms with van der Waals surface area (Å²) in [7, 11) is 0. The van der Waals surface area contributed by atoms with Crippen molar-refractivity contribution in [1.29, 1.82) is 0 Å². The normalized spacial score (nSPS) is 29.3. The zero-order chi connectivity index (χ0) is 14.1. The Kier molecular flexibility index (Phi) is 3.70. The number of rotatable bonds is 2. The number of piperidine rings is 1. The first-order chi connectivity index (χ1) is 9.69. The maximum Gasteiger partial charge on any atom is 0.274 e. The molecule has 1 amide bonds. The maximum atomic E-state index is 12.4. The van der Waals surface area contributed by atoms with Gasteiger partial charge in [0.2, 0.25) is 0 Å². The SMILES string of the molecule is CC[C@@H]1OC[C@H]2CN(C(=O)c3cnc(C)cn3)CC[C@H]21. The van der Waals surface area contributed by atoms with Gasteiger partial charge in [0.15, 0.2) is 0 Å². The quantitative estimate of drug-likeness (QED) is 0.824. The van der Waals surface area contributed by atoms with Crippen LogP contribution in [-0.2, 0) is 4.74 Å². The molecule has 0 spiro atoms. The second-order valence-corrected chi connectivity index (χ2v) is 5.79. The largest absolute Gasteiger partial charge is 0.378 e. The molecule has 3 rings (SSSR count). The molecule has 5 nitrogen and oxygen atoms in total. The highest BCUT2D eigenvalue weighted by Gasteiger charge is 2.41. The van der Waals surface area contributed by atoms with Gasteiger partial charge in [-0.1, -0.05) is 6.92 Å². The van der Waals surface area contributed by atoms with Gasteiger partial charge >= 0.3 is 0 Å². The molecule has 2 aliphatic rings. The van der Waals surface area contributed by atoms with E-state index >= 15 is 0 Å². The lowest BCUT2D eigenvalue weighted by molar-refractivity contribution is 0.0602. The molecule has 20 heavy (non-hydrogen) atoms. The smallest absolute Gasteiger partial charge is 0.274 e. The Balaban J connectivity index is 1.68. The van der Waals surface area contributed by atoms with E-state index in [1.165, 1.54) is 0 Å². The number of aromatic nitrogens is 2. The van der Waals surface area contributed by atoms with E-state index in [9.17, 15) is 4.79 Å². The Morgan fingerprint density at radius 2 is 2.30 bits per heavy atom. The van der Waals surface area contributed by atoms with Crippen molar-refractivity contribution in [3.8, 4) is 0 Å². The van der Waals surface area contributed by atoms with E-state index in [1.54, 1.807) is 12.4 Å². The third kappa shape index (κ3) is 2.42. The van der Waals surface area contributed by atoms with Crippen LogP contribution in [0.2, 0.25) is 0 Å². The Morgan fingerprint density at radius 1 is 1.45 bits per heavy atom. The number of hydrogen-bond acceptors (Lipinski definition) is 4. The lowest BCUT2D eigenvalue weighted by Crippen LogP contribution is -2.44. The van der Waals surface area contributed by atoms with Crippen molar-refractivity contribution in [1.82, 2.24) is 14.9 Å². The average molecular weight is 275 g/mol. The first-order valence-corrected chi connectivity index (χ1v) is 7.38. The molecule has 0 bridgehead atoms. The predicted molar refractivity (Wildman–Crippen MR) is 74.3 cm³/mol. The summed E-state index contributed by atoms with van der Waals surface area (Å²) in [5, 5.41) is 0. The summed E-state index contributed by atoms with van der Waals surface area (Å²) < 4.78 is 5.83. The summed E-state index contributed by atoms with van der Waals surface area (Å²) in [5.41, 5.74) is 1.27. The molecule has 1 aromatic rings. The van der Waals surface area contributed by atoms with Crippen LogP contribution in [0.15, 0.2) is 12.4 Å². The van der Waals surface area contributed by atoms with Crippen LogP contribution in [0.4, 0.5) is 0 Å². The fraction of sp³-hybridized carbons (Fsp3) is 0.667. The number of aryl methyl sites for hydroxylation is 1. The van der Waals surface area contributed by atoms with Gasteiger partial charge < -0.3 is 9.64 Å². The summed E-state index contributed by atoms with van der Waals surface area (Å²) >= 11 is 0. The van der Waals surface area contributed by atoms with Gasteiger partial charge in [-0.3, -0.25) is 9.78 Å². The van der Waals surface area contributed by atoms with Crippen LogP contribution in [-0.4, -0.2) is 46.6 Å². The monoisotopic (exact) mass is 275 g/mol. The number of hydrogen-bond donors (Lipinski definition) is 0. The van der Waals surface area contributed by atoms with Crippen molar-refractivity contribution >= 4 is 5.91 Å². The molecule has 0 unspecified atom stereocenters. The van der Waals surface area contributed by atoms with Crippen molar-refractivity contribution in [3.05, 3.63) is 23.8 Å². The summed E-state index contributed by atoms with van der Waals surface area (Å²) in [6, 6.07) is 0. The minimum Gasteiger partial charge on any atom is -0.378 e. The fourth-order valence-electron chi connectivity index (χ4n) is 3.36. The van der Waals surface area contributed by atoms with E-state index < -0.39 is 0 Å². The van der Waals surface area contributed by atoms with Crippen molar-refractivity contribution in [2.24, 2.45) is 11.8 Å². The maximum absolute atomic E-state index is 12.4. The fourth-order valence-corrected chi connectivity index (χ4v) is 3.36.